The van der Waals surface area contributed by atoms with Gasteiger partial charge in [0.2, 0.25) is 0 Å². The summed E-state index contributed by atoms with van der Waals surface area (Å²) in [5.41, 5.74) is -0.408. The molecule has 84 valence electrons. The maximum absolute atomic E-state index is 11.4. The number of carboxylic acids is 1. The third-order valence-electron chi connectivity index (χ3n) is 1.63. The summed E-state index contributed by atoms with van der Waals surface area (Å²) in [6.45, 7) is 3.87. The first-order valence-electron chi connectivity index (χ1n) is 4.23. The number of hydrogen-bond acceptors (Lipinski definition) is 4. The first kappa shape index (κ1) is 12.3. The van der Waals surface area contributed by atoms with Gasteiger partial charge in [-0.05, 0) is 11.3 Å². The van der Waals surface area contributed by atoms with E-state index in [4.69, 9.17) is 5.11 Å². The molecule has 0 saturated carbocycles. The van der Waals surface area contributed by atoms with Crippen LogP contribution in [0.25, 0.3) is 0 Å². The molecular formula is C8H11NO4S2. The number of rotatable bonds is 4. The first-order chi connectivity index (χ1) is 6.83. The largest absolute Gasteiger partial charge is 0.476 e. The number of carbonyl (C=O) groups is 1. The molecule has 0 aromatic carbocycles. The van der Waals surface area contributed by atoms with Crippen molar-refractivity contribution in [3.63, 3.8) is 0 Å². The summed E-state index contributed by atoms with van der Waals surface area (Å²) in [6, 6.07) is 0. The minimum Gasteiger partial charge on any atom is -0.476 e. The van der Waals surface area contributed by atoms with Crippen LogP contribution in [-0.4, -0.2) is 36.2 Å². The molecule has 0 aliphatic carbocycles. The topological polar surface area (TPSA) is 83.8 Å². The van der Waals surface area contributed by atoms with E-state index in [0.717, 1.165) is 6.08 Å². The Bertz CT molecular complexity index is 434. The minimum absolute atomic E-state index is 0.0681. The van der Waals surface area contributed by atoms with Crippen molar-refractivity contribution in [3.05, 3.63) is 11.0 Å². The Morgan fingerprint density at radius 3 is 2.60 bits per heavy atom. The molecule has 0 spiro atoms. The van der Waals surface area contributed by atoms with E-state index in [1.165, 1.54) is 11.8 Å². The Morgan fingerprint density at radius 1 is 1.60 bits per heavy atom. The second kappa shape index (κ2) is 4.36. The molecule has 1 N–H and O–H groups in total. The molecule has 0 unspecified atom stereocenters. The minimum atomic E-state index is -3.73. The fourth-order valence-corrected chi connectivity index (χ4v) is 3.06. The van der Waals surface area contributed by atoms with Crippen molar-refractivity contribution >= 4 is 33.5 Å². The average molecular weight is 249 g/mol. The molecule has 0 fully saturated rings. The molecule has 0 saturated heterocycles. The Kier molecular flexibility index (Phi) is 3.56. The summed E-state index contributed by atoms with van der Waals surface area (Å²) in [5, 5.41) is 8.88. The van der Waals surface area contributed by atoms with Crippen molar-refractivity contribution in [1.82, 2.24) is 0 Å². The zero-order valence-electron chi connectivity index (χ0n) is 8.30. The molecule has 0 bridgehead atoms. The Balaban J connectivity index is 2.85. The fourth-order valence-electron chi connectivity index (χ4n) is 0.907. The van der Waals surface area contributed by atoms with Gasteiger partial charge >= 0.3 is 5.97 Å². The third kappa shape index (κ3) is 3.07. The molecule has 0 radical (unpaired) electrons. The van der Waals surface area contributed by atoms with Crippen LogP contribution in [0.1, 0.15) is 13.8 Å². The van der Waals surface area contributed by atoms with Gasteiger partial charge in [0.25, 0.3) is 10.0 Å². The van der Waals surface area contributed by atoms with Crippen LogP contribution in [0.3, 0.4) is 0 Å². The van der Waals surface area contributed by atoms with E-state index in [-0.39, 0.29) is 15.9 Å². The van der Waals surface area contributed by atoms with Crippen LogP contribution in [0.5, 0.6) is 0 Å². The van der Waals surface area contributed by atoms with E-state index in [1.807, 2.05) is 13.8 Å². The first-order valence-corrected chi connectivity index (χ1v) is 6.72. The van der Waals surface area contributed by atoms with Crippen molar-refractivity contribution in [3.8, 4) is 0 Å². The van der Waals surface area contributed by atoms with Gasteiger partial charge < -0.3 is 5.11 Å². The highest BCUT2D eigenvalue weighted by Crippen LogP contribution is 2.23. The lowest BCUT2D eigenvalue weighted by atomic mass is 10.3. The number of aliphatic carboxylic acids is 1. The summed E-state index contributed by atoms with van der Waals surface area (Å²) in [4.78, 5) is 10.6. The predicted molar refractivity (Wildman–Crippen MR) is 59.7 cm³/mol. The lowest BCUT2D eigenvalue weighted by Gasteiger charge is -2.03. The van der Waals surface area contributed by atoms with Crippen LogP contribution in [-0.2, 0) is 14.8 Å². The Morgan fingerprint density at radius 2 is 2.20 bits per heavy atom. The van der Waals surface area contributed by atoms with Crippen LogP contribution >= 0.6 is 11.8 Å². The monoisotopic (exact) mass is 249 g/mol. The summed E-state index contributed by atoms with van der Waals surface area (Å²) < 4.78 is 25.9. The second-order valence-electron chi connectivity index (χ2n) is 3.23. The van der Waals surface area contributed by atoms with Gasteiger partial charge in [0.15, 0.2) is 5.71 Å². The molecule has 0 atom stereocenters. The van der Waals surface area contributed by atoms with E-state index in [9.17, 15) is 13.2 Å². The standard InChI is InChI=1S/C8H11NO4S2/c1-5(2)14-4-6-3-7(8(10)11)9-15(6,12)13/h3,5H,4H2,1-2H3,(H,10,11). The van der Waals surface area contributed by atoms with Gasteiger partial charge in [-0.1, -0.05) is 13.8 Å². The molecular weight excluding hydrogens is 238 g/mol. The van der Waals surface area contributed by atoms with Gasteiger partial charge in [0.05, 0.1) is 4.91 Å². The van der Waals surface area contributed by atoms with E-state index >= 15 is 0 Å². The predicted octanol–water partition coefficient (Wildman–Crippen LogP) is 0.881. The van der Waals surface area contributed by atoms with Crippen molar-refractivity contribution in [2.24, 2.45) is 4.40 Å². The third-order valence-corrected chi connectivity index (χ3v) is 4.31. The van der Waals surface area contributed by atoms with Gasteiger partial charge in [0.1, 0.15) is 0 Å². The van der Waals surface area contributed by atoms with Gasteiger partial charge in [-0.2, -0.15) is 24.6 Å². The molecule has 1 heterocycles. The second-order valence-corrected chi connectivity index (χ2v) is 6.45. The molecule has 1 rings (SSSR count). The fraction of sp³-hybridized carbons (Fsp3) is 0.500. The van der Waals surface area contributed by atoms with Crippen molar-refractivity contribution in [2.75, 3.05) is 5.75 Å². The molecule has 1 aliphatic heterocycles. The average Bonchev–Trinajstić information content (AvgIpc) is 2.37. The van der Waals surface area contributed by atoms with Gasteiger partial charge in [0, 0.05) is 5.75 Å². The van der Waals surface area contributed by atoms with Gasteiger partial charge in [-0.3, -0.25) is 0 Å². The number of thioether (sulfide) groups is 1. The number of sulfonamides is 1. The molecule has 7 heteroatoms. The lowest BCUT2D eigenvalue weighted by molar-refractivity contribution is -0.129. The number of hydrogen-bond donors (Lipinski definition) is 1. The summed E-state index contributed by atoms with van der Waals surface area (Å²) in [7, 11) is -3.73. The van der Waals surface area contributed by atoms with E-state index in [0.29, 0.717) is 0 Å². The van der Waals surface area contributed by atoms with Crippen LogP contribution in [0, 0.1) is 0 Å². The highest BCUT2D eigenvalue weighted by atomic mass is 32.2. The van der Waals surface area contributed by atoms with Crippen LogP contribution in [0.15, 0.2) is 15.4 Å². The zero-order chi connectivity index (χ0) is 11.6. The van der Waals surface area contributed by atoms with Crippen molar-refractivity contribution < 1.29 is 18.3 Å². The van der Waals surface area contributed by atoms with E-state index < -0.39 is 21.7 Å². The quantitative estimate of drug-likeness (QED) is 0.799. The van der Waals surface area contributed by atoms with Crippen LogP contribution in [0.2, 0.25) is 0 Å². The number of carboxylic acid groups (broad SMARTS) is 1. The van der Waals surface area contributed by atoms with E-state index in [1.54, 1.807) is 0 Å². The van der Waals surface area contributed by atoms with Crippen LogP contribution < -0.4 is 0 Å². The molecule has 1 aliphatic rings. The normalized spacial score (nSPS) is 18.9. The maximum atomic E-state index is 11.4. The van der Waals surface area contributed by atoms with Gasteiger partial charge in [-0.25, -0.2) is 4.79 Å². The smallest absolute Gasteiger partial charge is 0.355 e. The molecule has 5 nitrogen and oxygen atoms in total. The maximum Gasteiger partial charge on any atom is 0.355 e. The SMILES string of the molecule is CC(C)SCC1=CC(C(=O)O)=NS1(=O)=O. The summed E-state index contributed by atoms with van der Waals surface area (Å²) >= 11 is 1.43. The zero-order valence-corrected chi connectivity index (χ0v) is 9.93. The molecule has 0 aromatic heterocycles. The van der Waals surface area contributed by atoms with Crippen molar-refractivity contribution in [1.29, 1.82) is 0 Å². The van der Waals surface area contributed by atoms with Gasteiger partial charge in [-0.15, -0.1) is 0 Å². The molecule has 0 aromatic rings. The van der Waals surface area contributed by atoms with Crippen LogP contribution in [0.4, 0.5) is 0 Å². The molecule has 15 heavy (non-hydrogen) atoms. The lowest BCUT2D eigenvalue weighted by Crippen LogP contribution is -2.07. The van der Waals surface area contributed by atoms with Crippen molar-refractivity contribution in [2.45, 2.75) is 19.1 Å². The van der Waals surface area contributed by atoms with E-state index in [2.05, 4.69) is 4.40 Å². The number of nitrogens with zero attached hydrogens (tertiary/aromatic N) is 1. The summed E-state index contributed by atoms with van der Waals surface area (Å²) in [5.74, 6) is -1.05. The molecule has 0 amide bonds. The summed E-state index contributed by atoms with van der Waals surface area (Å²) in [6.07, 6.45) is 1.12. The highest BCUT2D eigenvalue weighted by Gasteiger charge is 2.27. The Hall–Kier alpha value is -0.820. The highest BCUT2D eigenvalue weighted by molar-refractivity contribution is 8.02. The Labute approximate surface area is 92.3 Å².